The lowest BCUT2D eigenvalue weighted by molar-refractivity contribution is 0.0758. The van der Waals surface area contributed by atoms with Crippen LogP contribution >= 0.6 is 0 Å². The minimum absolute atomic E-state index is 0.208. The Kier molecular flexibility index (Phi) is 4.37. The van der Waals surface area contributed by atoms with Crippen molar-refractivity contribution in [3.05, 3.63) is 23.3 Å². The van der Waals surface area contributed by atoms with E-state index in [0.717, 1.165) is 12.8 Å². The molecule has 92 valence electrons. The van der Waals surface area contributed by atoms with Crippen LogP contribution in [0.5, 0.6) is 0 Å². The van der Waals surface area contributed by atoms with Crippen molar-refractivity contribution >= 4 is 0 Å². The van der Waals surface area contributed by atoms with Gasteiger partial charge in [0.2, 0.25) is 0 Å². The highest BCUT2D eigenvalue weighted by Gasteiger charge is 2.39. The molecule has 0 spiro atoms. The third kappa shape index (κ3) is 2.76. The van der Waals surface area contributed by atoms with Crippen LogP contribution in [0, 0.1) is 17.3 Å². The molecule has 0 saturated carbocycles. The van der Waals surface area contributed by atoms with Crippen LogP contribution in [0.3, 0.4) is 0 Å². The molecule has 0 fully saturated rings. The van der Waals surface area contributed by atoms with E-state index in [2.05, 4.69) is 46.8 Å². The fourth-order valence-corrected chi connectivity index (χ4v) is 2.80. The highest BCUT2D eigenvalue weighted by atomic mass is 16.3. The number of allylic oxidation sites excluding steroid dienone is 3. The molecule has 0 aromatic rings. The molecule has 0 bridgehead atoms. The molecule has 0 aromatic heterocycles. The van der Waals surface area contributed by atoms with Crippen molar-refractivity contribution in [3.63, 3.8) is 0 Å². The second kappa shape index (κ2) is 5.18. The lowest BCUT2D eigenvalue weighted by Gasteiger charge is -2.44. The van der Waals surface area contributed by atoms with E-state index in [0.29, 0.717) is 11.8 Å². The summed E-state index contributed by atoms with van der Waals surface area (Å²) in [5, 5.41) is 9.54. The number of hydrogen-bond donors (Lipinski definition) is 1. The lowest BCUT2D eigenvalue weighted by Crippen LogP contribution is -2.37. The van der Waals surface area contributed by atoms with Crippen molar-refractivity contribution in [2.45, 2.75) is 47.5 Å². The first-order valence-corrected chi connectivity index (χ1v) is 6.30. The molecule has 0 saturated heterocycles. The molecular weight excluding hydrogens is 196 g/mol. The van der Waals surface area contributed by atoms with Gasteiger partial charge >= 0.3 is 0 Å². The van der Waals surface area contributed by atoms with Crippen LogP contribution in [0.4, 0.5) is 0 Å². The Bertz CT molecular complexity index is 293. The molecule has 1 rings (SSSR count). The highest BCUT2D eigenvalue weighted by molar-refractivity contribution is 5.15. The molecule has 0 unspecified atom stereocenters. The normalized spacial score (nSPS) is 28.5. The Hall–Kier alpha value is -0.560. The number of aliphatic hydroxyl groups is 1. The monoisotopic (exact) mass is 222 g/mol. The summed E-state index contributed by atoms with van der Waals surface area (Å²) in [5.41, 5.74) is 2.96. The van der Waals surface area contributed by atoms with Gasteiger partial charge in [-0.2, -0.15) is 0 Å². The minimum atomic E-state index is 0.208. The summed E-state index contributed by atoms with van der Waals surface area (Å²) in [6.07, 6.45) is 6.93. The fraction of sp³-hybridized carbons (Fsp3) is 0.733. The van der Waals surface area contributed by atoms with Crippen molar-refractivity contribution in [2.24, 2.45) is 17.3 Å². The number of rotatable bonds is 3. The van der Waals surface area contributed by atoms with E-state index in [1.807, 2.05) is 0 Å². The van der Waals surface area contributed by atoms with E-state index in [-0.39, 0.29) is 12.0 Å². The van der Waals surface area contributed by atoms with Crippen molar-refractivity contribution in [2.75, 3.05) is 6.61 Å². The van der Waals surface area contributed by atoms with Crippen LogP contribution in [0.15, 0.2) is 23.3 Å². The van der Waals surface area contributed by atoms with E-state index in [4.69, 9.17) is 0 Å². The summed E-state index contributed by atoms with van der Waals surface area (Å²) in [6, 6.07) is 0. The van der Waals surface area contributed by atoms with Crippen LogP contribution in [0.1, 0.15) is 47.5 Å². The first kappa shape index (κ1) is 13.5. The Morgan fingerprint density at radius 3 is 2.62 bits per heavy atom. The van der Waals surface area contributed by atoms with Gasteiger partial charge < -0.3 is 5.11 Å². The minimum Gasteiger partial charge on any atom is -0.396 e. The van der Waals surface area contributed by atoms with Gasteiger partial charge in [-0.25, -0.2) is 0 Å². The Labute approximate surface area is 100 Å². The molecule has 1 aliphatic carbocycles. The van der Waals surface area contributed by atoms with Gasteiger partial charge in [0.1, 0.15) is 0 Å². The zero-order chi connectivity index (χ0) is 12.3. The Morgan fingerprint density at radius 2 is 2.12 bits per heavy atom. The predicted molar refractivity (Wildman–Crippen MR) is 70.3 cm³/mol. The molecule has 0 radical (unpaired) electrons. The van der Waals surface area contributed by atoms with Crippen LogP contribution in [0.25, 0.3) is 0 Å². The van der Waals surface area contributed by atoms with Gasteiger partial charge in [0.15, 0.2) is 0 Å². The molecule has 0 heterocycles. The van der Waals surface area contributed by atoms with E-state index >= 15 is 0 Å². The Balaban J connectivity index is 2.85. The molecule has 0 aromatic carbocycles. The summed E-state index contributed by atoms with van der Waals surface area (Å²) in [5.74, 6) is 0.986. The second-order valence-electron chi connectivity index (χ2n) is 5.95. The first-order chi connectivity index (χ1) is 7.39. The third-order valence-corrected chi connectivity index (χ3v) is 4.22. The number of hydrogen-bond acceptors (Lipinski definition) is 1. The molecule has 1 N–H and O–H groups in total. The number of aliphatic hydroxyl groups excluding tert-OH is 1. The maximum Gasteiger partial charge on any atom is 0.0501 e. The van der Waals surface area contributed by atoms with Gasteiger partial charge in [0.25, 0.3) is 0 Å². The van der Waals surface area contributed by atoms with E-state index in [1.165, 1.54) is 11.1 Å². The molecule has 1 nitrogen and oxygen atoms in total. The summed E-state index contributed by atoms with van der Waals surface area (Å²) in [4.78, 5) is 0. The van der Waals surface area contributed by atoms with Gasteiger partial charge in [0.05, 0.1) is 6.61 Å². The summed E-state index contributed by atoms with van der Waals surface area (Å²) in [7, 11) is 0. The molecule has 1 aliphatic rings. The van der Waals surface area contributed by atoms with Crippen molar-refractivity contribution in [1.29, 1.82) is 0 Å². The van der Waals surface area contributed by atoms with Crippen molar-refractivity contribution in [1.82, 2.24) is 0 Å². The zero-order valence-corrected chi connectivity index (χ0v) is 11.4. The van der Waals surface area contributed by atoms with Crippen LogP contribution < -0.4 is 0 Å². The molecule has 2 atom stereocenters. The smallest absolute Gasteiger partial charge is 0.0501 e. The zero-order valence-electron chi connectivity index (χ0n) is 11.4. The topological polar surface area (TPSA) is 20.2 Å². The highest BCUT2D eigenvalue weighted by Crippen LogP contribution is 2.46. The average molecular weight is 222 g/mol. The fourth-order valence-electron chi connectivity index (χ4n) is 2.80. The second-order valence-corrected chi connectivity index (χ2v) is 5.95. The van der Waals surface area contributed by atoms with Gasteiger partial charge in [-0.3, -0.25) is 0 Å². The SMILES string of the molecule is CC(C)=CC[C@H]1CC=C(C)[C@H](CO)C1(C)C. The first-order valence-electron chi connectivity index (χ1n) is 6.30. The van der Waals surface area contributed by atoms with Gasteiger partial charge in [-0.05, 0) is 44.9 Å². The van der Waals surface area contributed by atoms with Gasteiger partial charge in [0, 0.05) is 5.92 Å². The summed E-state index contributed by atoms with van der Waals surface area (Å²) < 4.78 is 0. The standard InChI is InChI=1S/C15H26O/c1-11(2)6-8-13-9-7-12(3)14(10-16)15(13,4)5/h6-7,13-14,16H,8-10H2,1-5H3/t13-,14-/m0/s1. The van der Waals surface area contributed by atoms with E-state index in [9.17, 15) is 5.11 Å². The van der Waals surface area contributed by atoms with E-state index < -0.39 is 0 Å². The summed E-state index contributed by atoms with van der Waals surface area (Å²) >= 11 is 0. The largest absolute Gasteiger partial charge is 0.396 e. The maximum absolute atomic E-state index is 9.54. The van der Waals surface area contributed by atoms with Gasteiger partial charge in [-0.1, -0.05) is 37.1 Å². The summed E-state index contributed by atoms with van der Waals surface area (Å²) in [6.45, 7) is 11.3. The van der Waals surface area contributed by atoms with Crippen LogP contribution in [-0.2, 0) is 0 Å². The molecule has 16 heavy (non-hydrogen) atoms. The Morgan fingerprint density at radius 1 is 1.50 bits per heavy atom. The molecular formula is C15H26O. The molecule has 1 heteroatoms. The van der Waals surface area contributed by atoms with Crippen LogP contribution in [-0.4, -0.2) is 11.7 Å². The van der Waals surface area contributed by atoms with Crippen LogP contribution in [0.2, 0.25) is 0 Å². The van der Waals surface area contributed by atoms with Crippen molar-refractivity contribution < 1.29 is 5.11 Å². The van der Waals surface area contributed by atoms with Gasteiger partial charge in [-0.15, -0.1) is 0 Å². The van der Waals surface area contributed by atoms with E-state index in [1.54, 1.807) is 0 Å². The predicted octanol–water partition coefficient (Wildman–Crippen LogP) is 3.94. The molecule has 0 amide bonds. The average Bonchev–Trinajstić information content (AvgIpc) is 2.15. The maximum atomic E-state index is 9.54. The quantitative estimate of drug-likeness (QED) is 0.717. The molecule has 0 aliphatic heterocycles. The van der Waals surface area contributed by atoms with Crippen molar-refractivity contribution in [3.8, 4) is 0 Å². The lowest BCUT2D eigenvalue weighted by atomic mass is 9.61. The third-order valence-electron chi connectivity index (χ3n) is 4.22.